The van der Waals surface area contributed by atoms with Crippen LogP contribution in [0.3, 0.4) is 0 Å². The van der Waals surface area contributed by atoms with Gasteiger partial charge in [-0.3, -0.25) is 0 Å². The molecule has 0 aliphatic carbocycles. The van der Waals surface area contributed by atoms with E-state index in [1.165, 1.54) is 0 Å². The standard InChI is InChI=1S/C20H23N3O2.ClH.H2O/c1-4-5-12-25-16-8-6-15(7-9-16)22-18-13-19-17(21-14(18)2)10-11-20(23-19)24-3;;/h6-11,13,22H,4-5,12H2,1-3H3;1H;1H2. The molecule has 0 fully saturated rings. The van der Waals surface area contributed by atoms with Crippen LogP contribution in [-0.4, -0.2) is 29.2 Å². The van der Waals surface area contributed by atoms with Crippen LogP contribution in [0.5, 0.6) is 11.6 Å². The van der Waals surface area contributed by atoms with Gasteiger partial charge in [-0.1, -0.05) is 13.3 Å². The van der Waals surface area contributed by atoms with Gasteiger partial charge in [0, 0.05) is 11.8 Å². The third kappa shape index (κ3) is 5.70. The number of methoxy groups -OCH3 is 1. The van der Waals surface area contributed by atoms with E-state index in [0.717, 1.165) is 53.3 Å². The van der Waals surface area contributed by atoms with Gasteiger partial charge in [0.2, 0.25) is 5.88 Å². The molecule has 0 atom stereocenters. The maximum Gasteiger partial charge on any atom is 0.213 e. The molecule has 3 N–H and O–H groups in total. The Labute approximate surface area is 165 Å². The molecular weight excluding hydrogens is 366 g/mol. The smallest absolute Gasteiger partial charge is 0.213 e. The largest absolute Gasteiger partial charge is 0.494 e. The molecule has 0 saturated carbocycles. The highest BCUT2D eigenvalue weighted by Crippen LogP contribution is 2.25. The van der Waals surface area contributed by atoms with E-state index in [-0.39, 0.29) is 17.9 Å². The summed E-state index contributed by atoms with van der Waals surface area (Å²) in [5, 5.41) is 3.40. The fourth-order valence-corrected chi connectivity index (χ4v) is 2.50. The lowest BCUT2D eigenvalue weighted by molar-refractivity contribution is 0.309. The molecule has 146 valence electrons. The molecule has 3 rings (SSSR count). The van der Waals surface area contributed by atoms with Gasteiger partial charge < -0.3 is 20.3 Å². The van der Waals surface area contributed by atoms with Gasteiger partial charge in [-0.2, -0.15) is 0 Å². The molecule has 0 amide bonds. The van der Waals surface area contributed by atoms with Crippen molar-refractivity contribution in [3.05, 3.63) is 48.2 Å². The maximum absolute atomic E-state index is 5.69. The molecule has 0 aliphatic rings. The van der Waals surface area contributed by atoms with Gasteiger partial charge >= 0.3 is 0 Å². The quantitative estimate of drug-likeness (QED) is 0.600. The predicted octanol–water partition coefficient (Wildman–Crippen LogP) is 4.47. The Bertz CT molecular complexity index is 857. The van der Waals surface area contributed by atoms with E-state index in [0.29, 0.717) is 5.88 Å². The van der Waals surface area contributed by atoms with Crippen molar-refractivity contribution in [2.75, 3.05) is 19.0 Å². The van der Waals surface area contributed by atoms with Crippen LogP contribution >= 0.6 is 12.4 Å². The number of rotatable bonds is 7. The Morgan fingerprint density at radius 1 is 1.00 bits per heavy atom. The fraction of sp³-hybridized carbons (Fsp3) is 0.300. The molecular formula is C20H26ClN3O3. The zero-order chi connectivity index (χ0) is 17.6. The predicted molar refractivity (Wildman–Crippen MR) is 112 cm³/mol. The third-order valence-electron chi connectivity index (χ3n) is 3.94. The summed E-state index contributed by atoms with van der Waals surface area (Å²) in [6.07, 6.45) is 2.20. The van der Waals surface area contributed by atoms with Crippen LogP contribution in [0, 0.1) is 6.92 Å². The van der Waals surface area contributed by atoms with Crippen LogP contribution in [0.15, 0.2) is 42.5 Å². The van der Waals surface area contributed by atoms with Crippen molar-refractivity contribution < 1.29 is 14.9 Å². The van der Waals surface area contributed by atoms with Crippen LogP contribution in [0.2, 0.25) is 0 Å². The lowest BCUT2D eigenvalue weighted by Crippen LogP contribution is -1.99. The van der Waals surface area contributed by atoms with E-state index in [1.807, 2.05) is 49.4 Å². The zero-order valence-electron chi connectivity index (χ0n) is 15.8. The number of benzene rings is 1. The van der Waals surface area contributed by atoms with E-state index in [9.17, 15) is 0 Å². The Morgan fingerprint density at radius 3 is 2.41 bits per heavy atom. The molecule has 3 aromatic rings. The molecule has 7 heteroatoms. The summed E-state index contributed by atoms with van der Waals surface area (Å²) in [6, 6.07) is 13.7. The summed E-state index contributed by atoms with van der Waals surface area (Å²) >= 11 is 0. The minimum absolute atomic E-state index is 0. The first-order valence-corrected chi connectivity index (χ1v) is 8.52. The van der Waals surface area contributed by atoms with Gasteiger partial charge in [0.05, 0.1) is 36.1 Å². The number of pyridine rings is 2. The number of halogens is 1. The molecule has 2 heterocycles. The zero-order valence-corrected chi connectivity index (χ0v) is 16.6. The van der Waals surface area contributed by atoms with E-state index in [2.05, 4.69) is 22.2 Å². The summed E-state index contributed by atoms with van der Waals surface area (Å²) in [5.41, 5.74) is 4.47. The lowest BCUT2D eigenvalue weighted by atomic mass is 10.2. The van der Waals surface area contributed by atoms with Crippen molar-refractivity contribution in [1.29, 1.82) is 0 Å². The van der Waals surface area contributed by atoms with Gasteiger partial charge in [-0.05, 0) is 49.7 Å². The van der Waals surface area contributed by atoms with Gasteiger partial charge in [-0.15, -0.1) is 12.4 Å². The van der Waals surface area contributed by atoms with Crippen molar-refractivity contribution >= 4 is 34.8 Å². The van der Waals surface area contributed by atoms with Crippen molar-refractivity contribution in [3.8, 4) is 11.6 Å². The number of anilines is 2. The first-order valence-electron chi connectivity index (χ1n) is 8.52. The molecule has 0 spiro atoms. The first kappa shape index (κ1) is 22.5. The number of ether oxygens (including phenoxy) is 2. The third-order valence-corrected chi connectivity index (χ3v) is 3.94. The molecule has 0 unspecified atom stereocenters. The molecule has 0 aliphatic heterocycles. The molecule has 27 heavy (non-hydrogen) atoms. The average molecular weight is 392 g/mol. The molecule has 6 nitrogen and oxygen atoms in total. The van der Waals surface area contributed by atoms with Crippen LogP contribution in [0.1, 0.15) is 25.5 Å². The highest BCUT2D eigenvalue weighted by atomic mass is 35.5. The van der Waals surface area contributed by atoms with Gasteiger partial charge in [-0.25, -0.2) is 9.97 Å². The molecule has 0 radical (unpaired) electrons. The van der Waals surface area contributed by atoms with Crippen molar-refractivity contribution in [1.82, 2.24) is 9.97 Å². The second kappa shape index (κ2) is 10.5. The van der Waals surface area contributed by atoms with E-state index >= 15 is 0 Å². The van der Waals surface area contributed by atoms with Crippen LogP contribution in [0.25, 0.3) is 11.0 Å². The number of nitrogens with zero attached hydrogens (tertiary/aromatic N) is 2. The second-order valence-corrected chi connectivity index (χ2v) is 5.86. The minimum atomic E-state index is 0. The number of fused-ring (bicyclic) bond motifs is 1. The summed E-state index contributed by atoms with van der Waals surface area (Å²) in [7, 11) is 1.61. The Hall–Kier alpha value is -2.57. The average Bonchev–Trinajstić information content (AvgIpc) is 2.63. The number of hydrogen-bond acceptors (Lipinski definition) is 5. The first-order chi connectivity index (χ1) is 12.2. The monoisotopic (exact) mass is 391 g/mol. The normalized spacial score (nSPS) is 9.89. The number of unbranched alkanes of at least 4 members (excludes halogenated alkanes) is 1. The van der Waals surface area contributed by atoms with E-state index in [1.54, 1.807) is 7.11 Å². The van der Waals surface area contributed by atoms with Crippen molar-refractivity contribution in [2.24, 2.45) is 0 Å². The van der Waals surface area contributed by atoms with Gasteiger partial charge in [0.25, 0.3) is 0 Å². The number of nitrogens with one attached hydrogen (secondary N) is 1. The highest BCUT2D eigenvalue weighted by molar-refractivity contribution is 5.85. The molecule has 0 bridgehead atoms. The van der Waals surface area contributed by atoms with Crippen LogP contribution in [-0.2, 0) is 0 Å². The second-order valence-electron chi connectivity index (χ2n) is 5.86. The summed E-state index contributed by atoms with van der Waals surface area (Å²) in [5.74, 6) is 1.47. The van der Waals surface area contributed by atoms with E-state index < -0.39 is 0 Å². The maximum atomic E-state index is 5.69. The van der Waals surface area contributed by atoms with Crippen molar-refractivity contribution in [3.63, 3.8) is 0 Å². The number of hydrogen-bond donors (Lipinski definition) is 1. The fourth-order valence-electron chi connectivity index (χ4n) is 2.50. The van der Waals surface area contributed by atoms with Crippen LogP contribution in [0.4, 0.5) is 11.4 Å². The van der Waals surface area contributed by atoms with Crippen LogP contribution < -0.4 is 14.8 Å². The minimum Gasteiger partial charge on any atom is -0.494 e. The molecule has 1 aromatic carbocycles. The van der Waals surface area contributed by atoms with Crippen molar-refractivity contribution in [2.45, 2.75) is 26.7 Å². The Kier molecular flexibility index (Phi) is 8.78. The highest BCUT2D eigenvalue weighted by Gasteiger charge is 2.06. The topological polar surface area (TPSA) is 87.8 Å². The SMILES string of the molecule is CCCCOc1ccc(Nc2cc3nc(OC)ccc3nc2C)cc1.Cl.O. The van der Waals surface area contributed by atoms with E-state index in [4.69, 9.17) is 9.47 Å². The Balaban J connectivity index is 0.00000182. The molecule has 0 saturated heterocycles. The lowest BCUT2D eigenvalue weighted by Gasteiger charge is -2.12. The molecule has 2 aromatic heterocycles. The van der Waals surface area contributed by atoms with Gasteiger partial charge in [0.15, 0.2) is 0 Å². The van der Waals surface area contributed by atoms with Gasteiger partial charge in [0.1, 0.15) is 5.75 Å². The summed E-state index contributed by atoms with van der Waals surface area (Å²) < 4.78 is 10.9. The number of aryl methyl sites for hydroxylation is 1. The number of aromatic nitrogens is 2. The summed E-state index contributed by atoms with van der Waals surface area (Å²) in [4.78, 5) is 9.06. The Morgan fingerprint density at radius 2 is 1.74 bits per heavy atom. The summed E-state index contributed by atoms with van der Waals surface area (Å²) in [6.45, 7) is 4.89.